The van der Waals surface area contributed by atoms with Crippen molar-refractivity contribution in [2.45, 2.75) is 43.7 Å². The lowest BCUT2D eigenvalue weighted by atomic mass is 9.89. The van der Waals surface area contributed by atoms with Crippen LogP contribution < -0.4 is 10.6 Å². The SMILES string of the molecule is CC1(C(=O)NCC2(O)CCOC2)CCCCN1. The maximum absolute atomic E-state index is 12.1. The van der Waals surface area contributed by atoms with E-state index in [0.717, 1.165) is 25.8 Å². The summed E-state index contributed by atoms with van der Waals surface area (Å²) >= 11 is 0. The highest BCUT2D eigenvalue weighted by Crippen LogP contribution is 2.20. The fraction of sp³-hybridized carbons (Fsp3) is 0.917. The number of aliphatic hydroxyl groups is 1. The molecular formula is C12H22N2O3. The molecule has 98 valence electrons. The van der Waals surface area contributed by atoms with Gasteiger partial charge in [-0.3, -0.25) is 4.79 Å². The first-order chi connectivity index (χ1) is 8.04. The topological polar surface area (TPSA) is 70.6 Å². The molecule has 0 aromatic heterocycles. The van der Waals surface area contributed by atoms with Crippen LogP contribution in [0.25, 0.3) is 0 Å². The highest BCUT2D eigenvalue weighted by atomic mass is 16.5. The molecular weight excluding hydrogens is 220 g/mol. The van der Waals surface area contributed by atoms with Crippen LogP contribution >= 0.6 is 0 Å². The van der Waals surface area contributed by atoms with E-state index in [2.05, 4.69) is 10.6 Å². The van der Waals surface area contributed by atoms with E-state index in [1.165, 1.54) is 0 Å². The van der Waals surface area contributed by atoms with Crippen molar-refractivity contribution in [3.8, 4) is 0 Å². The molecule has 0 aliphatic carbocycles. The quantitative estimate of drug-likeness (QED) is 0.640. The second kappa shape index (κ2) is 4.92. The van der Waals surface area contributed by atoms with Crippen LogP contribution in [0.1, 0.15) is 32.6 Å². The highest BCUT2D eigenvalue weighted by molar-refractivity contribution is 5.86. The van der Waals surface area contributed by atoms with Gasteiger partial charge in [0.2, 0.25) is 5.91 Å². The van der Waals surface area contributed by atoms with Crippen LogP contribution in [-0.4, -0.2) is 48.5 Å². The van der Waals surface area contributed by atoms with Gasteiger partial charge >= 0.3 is 0 Å². The number of carbonyl (C=O) groups is 1. The van der Waals surface area contributed by atoms with Gasteiger partial charge in [-0.15, -0.1) is 0 Å². The van der Waals surface area contributed by atoms with Crippen LogP contribution in [0.3, 0.4) is 0 Å². The molecule has 0 saturated carbocycles. The van der Waals surface area contributed by atoms with Gasteiger partial charge in [0.05, 0.1) is 12.1 Å². The van der Waals surface area contributed by atoms with E-state index in [1.807, 2.05) is 6.92 Å². The first kappa shape index (κ1) is 12.8. The van der Waals surface area contributed by atoms with Crippen molar-refractivity contribution in [2.75, 3.05) is 26.3 Å². The van der Waals surface area contributed by atoms with Gasteiger partial charge in [0.15, 0.2) is 0 Å². The number of ether oxygens (including phenoxy) is 1. The van der Waals surface area contributed by atoms with Crippen molar-refractivity contribution >= 4 is 5.91 Å². The largest absolute Gasteiger partial charge is 0.386 e. The van der Waals surface area contributed by atoms with Crippen molar-refractivity contribution in [3.63, 3.8) is 0 Å². The molecule has 17 heavy (non-hydrogen) atoms. The zero-order valence-corrected chi connectivity index (χ0v) is 10.4. The fourth-order valence-electron chi connectivity index (χ4n) is 2.43. The molecule has 2 saturated heterocycles. The number of nitrogens with one attached hydrogen (secondary N) is 2. The van der Waals surface area contributed by atoms with Gasteiger partial charge in [-0.25, -0.2) is 0 Å². The number of hydrogen-bond acceptors (Lipinski definition) is 4. The number of amides is 1. The molecule has 2 aliphatic heterocycles. The summed E-state index contributed by atoms with van der Waals surface area (Å²) in [5, 5.41) is 16.2. The van der Waals surface area contributed by atoms with E-state index in [9.17, 15) is 9.90 Å². The van der Waals surface area contributed by atoms with Crippen LogP contribution in [0, 0.1) is 0 Å². The zero-order chi connectivity index (χ0) is 12.4. The van der Waals surface area contributed by atoms with Gasteiger partial charge in [-0.2, -0.15) is 0 Å². The molecule has 3 N–H and O–H groups in total. The second-order valence-electron chi connectivity index (χ2n) is 5.43. The Morgan fingerprint density at radius 2 is 2.29 bits per heavy atom. The lowest BCUT2D eigenvalue weighted by molar-refractivity contribution is -0.129. The average molecular weight is 242 g/mol. The summed E-state index contributed by atoms with van der Waals surface area (Å²) in [4.78, 5) is 12.1. The van der Waals surface area contributed by atoms with Gasteiger partial charge in [0.25, 0.3) is 0 Å². The summed E-state index contributed by atoms with van der Waals surface area (Å²) in [7, 11) is 0. The predicted molar refractivity (Wildman–Crippen MR) is 63.7 cm³/mol. The van der Waals surface area contributed by atoms with Crippen molar-refractivity contribution in [1.82, 2.24) is 10.6 Å². The van der Waals surface area contributed by atoms with E-state index in [0.29, 0.717) is 19.6 Å². The number of carbonyl (C=O) groups excluding carboxylic acids is 1. The Morgan fingerprint density at radius 1 is 1.47 bits per heavy atom. The van der Waals surface area contributed by atoms with Crippen LogP contribution in [0.2, 0.25) is 0 Å². The maximum atomic E-state index is 12.1. The summed E-state index contributed by atoms with van der Waals surface area (Å²) in [5.74, 6) is -0.0162. The summed E-state index contributed by atoms with van der Waals surface area (Å²) < 4.78 is 5.15. The molecule has 0 bridgehead atoms. The molecule has 2 atom stereocenters. The molecule has 2 aliphatic rings. The third-order valence-electron chi connectivity index (χ3n) is 3.78. The molecule has 5 nitrogen and oxygen atoms in total. The van der Waals surface area contributed by atoms with Gasteiger partial charge in [-0.1, -0.05) is 0 Å². The van der Waals surface area contributed by atoms with E-state index >= 15 is 0 Å². The van der Waals surface area contributed by atoms with Crippen LogP contribution in [0.15, 0.2) is 0 Å². The molecule has 0 radical (unpaired) electrons. The number of rotatable bonds is 3. The third kappa shape index (κ3) is 2.97. The Morgan fingerprint density at radius 3 is 2.88 bits per heavy atom. The smallest absolute Gasteiger partial charge is 0.240 e. The summed E-state index contributed by atoms with van der Waals surface area (Å²) in [6.45, 7) is 3.98. The fourth-order valence-corrected chi connectivity index (χ4v) is 2.43. The Bertz CT molecular complexity index is 281. The third-order valence-corrected chi connectivity index (χ3v) is 3.78. The van der Waals surface area contributed by atoms with Gasteiger partial charge < -0.3 is 20.5 Å². The molecule has 2 unspecified atom stereocenters. The molecule has 2 rings (SSSR count). The maximum Gasteiger partial charge on any atom is 0.240 e. The zero-order valence-electron chi connectivity index (χ0n) is 10.4. The molecule has 1 amide bonds. The van der Waals surface area contributed by atoms with Gasteiger partial charge in [-0.05, 0) is 32.7 Å². The molecule has 5 heteroatoms. The van der Waals surface area contributed by atoms with E-state index < -0.39 is 11.1 Å². The summed E-state index contributed by atoms with van der Waals surface area (Å²) in [6.07, 6.45) is 3.65. The highest BCUT2D eigenvalue weighted by Gasteiger charge is 2.37. The second-order valence-corrected chi connectivity index (χ2v) is 5.43. The molecule has 0 aromatic rings. The molecule has 0 spiro atoms. The number of piperidine rings is 1. The van der Waals surface area contributed by atoms with Crippen molar-refractivity contribution in [2.24, 2.45) is 0 Å². The Balaban J connectivity index is 1.84. The lowest BCUT2D eigenvalue weighted by Crippen LogP contribution is -2.59. The van der Waals surface area contributed by atoms with E-state index in [-0.39, 0.29) is 12.5 Å². The standard InChI is InChI=1S/C12H22N2O3/c1-11(4-2-3-6-14-11)10(15)13-8-12(16)5-7-17-9-12/h14,16H,2-9H2,1H3,(H,13,15). The van der Waals surface area contributed by atoms with Crippen molar-refractivity contribution < 1.29 is 14.6 Å². The first-order valence-corrected chi connectivity index (χ1v) is 6.38. The Kier molecular flexibility index (Phi) is 3.70. The molecule has 0 aromatic carbocycles. The molecule has 2 fully saturated rings. The van der Waals surface area contributed by atoms with E-state index in [4.69, 9.17) is 4.74 Å². The molecule has 2 heterocycles. The number of hydrogen-bond donors (Lipinski definition) is 3. The van der Waals surface area contributed by atoms with Gasteiger partial charge in [0.1, 0.15) is 5.60 Å². The minimum absolute atomic E-state index is 0.0162. The van der Waals surface area contributed by atoms with Crippen molar-refractivity contribution in [3.05, 3.63) is 0 Å². The summed E-state index contributed by atoms with van der Waals surface area (Å²) in [6, 6.07) is 0. The summed E-state index contributed by atoms with van der Waals surface area (Å²) in [5.41, 5.74) is -1.35. The first-order valence-electron chi connectivity index (χ1n) is 6.38. The predicted octanol–water partition coefficient (Wildman–Crippen LogP) is -0.214. The normalized spacial score (nSPS) is 38.0. The van der Waals surface area contributed by atoms with Crippen LogP contribution in [-0.2, 0) is 9.53 Å². The van der Waals surface area contributed by atoms with Crippen LogP contribution in [0.4, 0.5) is 0 Å². The Labute approximate surface area is 102 Å². The monoisotopic (exact) mass is 242 g/mol. The lowest BCUT2D eigenvalue weighted by Gasteiger charge is -2.34. The van der Waals surface area contributed by atoms with Gasteiger partial charge in [0, 0.05) is 19.6 Å². The van der Waals surface area contributed by atoms with E-state index in [1.54, 1.807) is 0 Å². The average Bonchev–Trinajstić information content (AvgIpc) is 2.75. The minimum atomic E-state index is -0.874. The Hall–Kier alpha value is -0.650. The minimum Gasteiger partial charge on any atom is -0.386 e. The van der Waals surface area contributed by atoms with Crippen LogP contribution in [0.5, 0.6) is 0 Å². The van der Waals surface area contributed by atoms with Crippen molar-refractivity contribution in [1.29, 1.82) is 0 Å².